The second kappa shape index (κ2) is 6.11. The third-order valence-corrected chi connectivity index (χ3v) is 4.79. The van der Waals surface area contributed by atoms with Gasteiger partial charge in [0.1, 0.15) is 5.82 Å². The SMILES string of the molecule is CC(O)c1c(F)cccc1Sc1nnnn1C1CCCC1. The van der Waals surface area contributed by atoms with E-state index in [2.05, 4.69) is 15.5 Å². The second-order valence-corrected chi connectivity index (χ2v) is 6.28. The van der Waals surface area contributed by atoms with E-state index in [1.54, 1.807) is 19.1 Å². The van der Waals surface area contributed by atoms with Crippen molar-refractivity contribution in [2.45, 2.75) is 54.8 Å². The molecule has 1 saturated carbocycles. The molecule has 7 heteroatoms. The van der Waals surface area contributed by atoms with Crippen LogP contribution in [0, 0.1) is 5.82 Å². The monoisotopic (exact) mass is 308 g/mol. The summed E-state index contributed by atoms with van der Waals surface area (Å²) >= 11 is 1.30. The number of rotatable bonds is 4. The van der Waals surface area contributed by atoms with Crippen molar-refractivity contribution in [2.24, 2.45) is 0 Å². The summed E-state index contributed by atoms with van der Waals surface area (Å²) in [6.07, 6.45) is 3.65. The zero-order chi connectivity index (χ0) is 14.8. The predicted molar refractivity (Wildman–Crippen MR) is 76.5 cm³/mol. The molecule has 0 saturated heterocycles. The van der Waals surface area contributed by atoms with Crippen LogP contribution in [0.15, 0.2) is 28.3 Å². The van der Waals surface area contributed by atoms with Crippen LogP contribution in [-0.2, 0) is 0 Å². The fourth-order valence-corrected chi connectivity index (χ4v) is 3.82. The van der Waals surface area contributed by atoms with Crippen molar-refractivity contribution in [3.63, 3.8) is 0 Å². The highest BCUT2D eigenvalue weighted by Gasteiger charge is 2.23. The molecule has 0 spiro atoms. The number of halogens is 1. The third-order valence-electron chi connectivity index (χ3n) is 3.77. The summed E-state index contributed by atoms with van der Waals surface area (Å²) in [5.74, 6) is -0.408. The average Bonchev–Trinajstić information content (AvgIpc) is 3.08. The average molecular weight is 308 g/mol. The lowest BCUT2D eigenvalue weighted by Gasteiger charge is -2.14. The number of aliphatic hydroxyl groups is 1. The molecular weight excluding hydrogens is 291 g/mol. The van der Waals surface area contributed by atoms with Gasteiger partial charge in [-0.05, 0) is 54.1 Å². The molecule has 0 amide bonds. The molecule has 1 fully saturated rings. The molecule has 3 rings (SSSR count). The summed E-state index contributed by atoms with van der Waals surface area (Å²) in [5, 5.41) is 22.3. The van der Waals surface area contributed by atoms with Gasteiger partial charge in [0.05, 0.1) is 12.1 Å². The Morgan fingerprint density at radius 2 is 2.14 bits per heavy atom. The molecule has 0 radical (unpaired) electrons. The Kier molecular flexibility index (Phi) is 4.21. The van der Waals surface area contributed by atoms with Crippen LogP contribution < -0.4 is 0 Å². The zero-order valence-corrected chi connectivity index (χ0v) is 12.6. The van der Waals surface area contributed by atoms with Gasteiger partial charge in [-0.25, -0.2) is 9.07 Å². The molecule has 1 heterocycles. The van der Waals surface area contributed by atoms with E-state index in [0.717, 1.165) is 12.8 Å². The number of aliphatic hydroxyl groups excluding tert-OH is 1. The Bertz CT molecular complexity index is 625. The molecule has 5 nitrogen and oxygen atoms in total. The van der Waals surface area contributed by atoms with Crippen molar-refractivity contribution in [3.05, 3.63) is 29.6 Å². The zero-order valence-electron chi connectivity index (χ0n) is 11.7. The minimum absolute atomic E-state index is 0.295. The number of aromatic nitrogens is 4. The molecular formula is C14H17FN4OS. The van der Waals surface area contributed by atoms with Crippen LogP contribution in [0.3, 0.4) is 0 Å². The van der Waals surface area contributed by atoms with Crippen LogP contribution in [0.25, 0.3) is 0 Å². The Labute approximate surface area is 126 Å². The van der Waals surface area contributed by atoms with Crippen molar-refractivity contribution in [2.75, 3.05) is 0 Å². The van der Waals surface area contributed by atoms with Gasteiger partial charge < -0.3 is 5.11 Å². The molecule has 1 aliphatic carbocycles. The minimum Gasteiger partial charge on any atom is -0.389 e. The van der Waals surface area contributed by atoms with Gasteiger partial charge in [0, 0.05) is 10.5 Å². The Balaban J connectivity index is 1.91. The van der Waals surface area contributed by atoms with Gasteiger partial charge in [-0.3, -0.25) is 0 Å². The molecule has 21 heavy (non-hydrogen) atoms. The second-order valence-electron chi connectivity index (χ2n) is 5.27. The maximum Gasteiger partial charge on any atom is 0.214 e. The van der Waals surface area contributed by atoms with Gasteiger partial charge >= 0.3 is 0 Å². The molecule has 1 atom stereocenters. The molecule has 1 N–H and O–H groups in total. The van der Waals surface area contributed by atoms with Crippen LogP contribution in [0.5, 0.6) is 0 Å². The van der Waals surface area contributed by atoms with Gasteiger partial charge in [-0.15, -0.1) is 5.10 Å². The highest BCUT2D eigenvalue weighted by molar-refractivity contribution is 7.99. The first-order valence-electron chi connectivity index (χ1n) is 7.09. The summed E-state index contributed by atoms with van der Waals surface area (Å²) in [5.41, 5.74) is 0.295. The van der Waals surface area contributed by atoms with E-state index in [-0.39, 0.29) is 0 Å². The summed E-state index contributed by atoms with van der Waals surface area (Å²) in [6.45, 7) is 1.56. The summed E-state index contributed by atoms with van der Waals surface area (Å²) in [6, 6.07) is 5.09. The van der Waals surface area contributed by atoms with Crippen molar-refractivity contribution in [3.8, 4) is 0 Å². The van der Waals surface area contributed by atoms with Crippen LogP contribution in [0.2, 0.25) is 0 Å². The van der Waals surface area contributed by atoms with Gasteiger partial charge in [0.25, 0.3) is 0 Å². The number of hydrogen-bond donors (Lipinski definition) is 1. The first-order chi connectivity index (χ1) is 10.2. The molecule has 112 valence electrons. The van der Waals surface area contributed by atoms with Gasteiger partial charge in [-0.1, -0.05) is 18.9 Å². The van der Waals surface area contributed by atoms with E-state index >= 15 is 0 Å². The lowest BCUT2D eigenvalue weighted by Crippen LogP contribution is -2.08. The maximum atomic E-state index is 13.9. The van der Waals surface area contributed by atoms with Crippen molar-refractivity contribution in [1.82, 2.24) is 20.2 Å². The summed E-state index contributed by atoms with van der Waals surface area (Å²) < 4.78 is 15.7. The predicted octanol–water partition coefficient (Wildman–Crippen LogP) is 3.13. The van der Waals surface area contributed by atoms with Gasteiger partial charge in [0.15, 0.2) is 0 Å². The quantitative estimate of drug-likeness (QED) is 0.940. The lowest BCUT2D eigenvalue weighted by atomic mass is 10.1. The van der Waals surface area contributed by atoms with E-state index in [4.69, 9.17) is 0 Å². The highest BCUT2D eigenvalue weighted by Crippen LogP contribution is 2.36. The number of tetrazole rings is 1. The number of nitrogens with zero attached hydrogens (tertiary/aromatic N) is 4. The van der Waals surface area contributed by atoms with Crippen LogP contribution in [0.1, 0.15) is 50.3 Å². The van der Waals surface area contributed by atoms with Crippen LogP contribution in [0.4, 0.5) is 4.39 Å². The standard InChI is InChI=1S/C14H17FN4OS/c1-9(20)13-11(15)7-4-8-12(13)21-14-16-17-18-19(14)10-5-2-3-6-10/h4,7-10,20H,2-3,5-6H2,1H3. The Morgan fingerprint density at radius 3 is 2.86 bits per heavy atom. The third kappa shape index (κ3) is 2.94. The van der Waals surface area contributed by atoms with Gasteiger partial charge in [-0.2, -0.15) is 0 Å². The largest absolute Gasteiger partial charge is 0.389 e. The fraction of sp³-hybridized carbons (Fsp3) is 0.500. The van der Waals surface area contributed by atoms with Crippen molar-refractivity contribution >= 4 is 11.8 Å². The van der Waals surface area contributed by atoms with Gasteiger partial charge in [0.2, 0.25) is 5.16 Å². The molecule has 1 unspecified atom stereocenters. The fourth-order valence-electron chi connectivity index (χ4n) is 2.74. The Morgan fingerprint density at radius 1 is 1.38 bits per heavy atom. The van der Waals surface area contributed by atoms with Crippen molar-refractivity contribution in [1.29, 1.82) is 0 Å². The molecule has 1 aliphatic rings. The molecule has 2 aromatic rings. The first kappa shape index (κ1) is 14.5. The normalized spacial score (nSPS) is 17.3. The number of hydrogen-bond acceptors (Lipinski definition) is 5. The maximum absolute atomic E-state index is 13.9. The smallest absolute Gasteiger partial charge is 0.214 e. The molecule has 1 aromatic carbocycles. The van der Waals surface area contributed by atoms with E-state index in [9.17, 15) is 9.50 Å². The van der Waals surface area contributed by atoms with Crippen LogP contribution in [-0.4, -0.2) is 25.3 Å². The summed E-state index contributed by atoms with van der Waals surface area (Å²) in [4.78, 5) is 0.652. The Hall–Kier alpha value is -1.47. The molecule has 0 bridgehead atoms. The van der Waals surface area contributed by atoms with Crippen LogP contribution >= 0.6 is 11.8 Å². The molecule has 1 aromatic heterocycles. The van der Waals surface area contributed by atoms with Crippen molar-refractivity contribution < 1.29 is 9.50 Å². The topological polar surface area (TPSA) is 63.8 Å². The molecule has 0 aliphatic heterocycles. The van der Waals surface area contributed by atoms with E-state index in [1.165, 1.54) is 30.7 Å². The summed E-state index contributed by atoms with van der Waals surface area (Å²) in [7, 11) is 0. The highest BCUT2D eigenvalue weighted by atomic mass is 32.2. The first-order valence-corrected chi connectivity index (χ1v) is 7.90. The van der Waals surface area contributed by atoms with E-state index in [0.29, 0.717) is 21.7 Å². The number of benzene rings is 1. The van der Waals surface area contributed by atoms with E-state index < -0.39 is 11.9 Å². The lowest BCUT2D eigenvalue weighted by molar-refractivity contribution is 0.191. The van der Waals surface area contributed by atoms with E-state index in [1.807, 2.05) is 4.68 Å². The minimum atomic E-state index is -0.871.